The van der Waals surface area contributed by atoms with Gasteiger partial charge in [-0.1, -0.05) is 24.3 Å². The predicted molar refractivity (Wildman–Crippen MR) is 72.9 cm³/mol. The molecule has 87 valence electrons. The Morgan fingerprint density at radius 1 is 1.11 bits per heavy atom. The minimum Gasteiger partial charge on any atom is -0.320 e. The average molecular weight is 253 g/mol. The molecule has 3 aromatic rings. The Morgan fingerprint density at radius 2 is 1.94 bits per heavy atom. The van der Waals surface area contributed by atoms with Gasteiger partial charge in [-0.15, -0.1) is 11.3 Å². The molecular weight excluding hydrogens is 244 g/mol. The van der Waals surface area contributed by atoms with Gasteiger partial charge >= 0.3 is 0 Å². The van der Waals surface area contributed by atoms with E-state index in [2.05, 4.69) is 15.8 Å². The molecule has 1 N–H and O–H groups in total. The van der Waals surface area contributed by atoms with Crippen molar-refractivity contribution in [3.05, 3.63) is 59.6 Å². The molecule has 0 unspecified atom stereocenters. The number of benzene rings is 2. The lowest BCUT2D eigenvalue weighted by atomic mass is 10.2. The van der Waals surface area contributed by atoms with Gasteiger partial charge in [-0.25, -0.2) is 4.98 Å². The summed E-state index contributed by atoms with van der Waals surface area (Å²) in [7, 11) is 0. The normalized spacial score (nSPS) is 10.4. The number of para-hydroxylation sites is 1. The number of fused-ring (bicyclic) bond motifs is 1. The number of carbonyl (C=O) groups is 1. The molecule has 0 aliphatic carbocycles. The second kappa shape index (κ2) is 4.58. The molecule has 0 fully saturated rings. The van der Waals surface area contributed by atoms with Crippen molar-refractivity contribution < 1.29 is 4.79 Å². The van der Waals surface area contributed by atoms with Crippen LogP contribution in [0.1, 0.15) is 10.4 Å². The SMILES string of the molecule is O=C(Nc1cccc2s[c]nc12)c1ccccc1. The number of aromatic nitrogens is 1. The molecule has 1 heterocycles. The minimum atomic E-state index is -0.129. The molecule has 4 heteroatoms. The van der Waals surface area contributed by atoms with E-state index in [-0.39, 0.29) is 5.91 Å². The Hall–Kier alpha value is -2.20. The number of hydrogen-bond acceptors (Lipinski definition) is 3. The third-order valence-corrected chi connectivity index (χ3v) is 3.33. The van der Waals surface area contributed by atoms with Crippen molar-refractivity contribution in [3.8, 4) is 0 Å². The smallest absolute Gasteiger partial charge is 0.255 e. The van der Waals surface area contributed by atoms with Gasteiger partial charge in [-0.2, -0.15) is 0 Å². The van der Waals surface area contributed by atoms with E-state index in [4.69, 9.17) is 0 Å². The zero-order chi connectivity index (χ0) is 12.4. The van der Waals surface area contributed by atoms with E-state index in [9.17, 15) is 4.79 Å². The second-order valence-electron chi connectivity index (χ2n) is 3.78. The molecule has 3 rings (SSSR count). The number of nitrogens with one attached hydrogen (secondary N) is 1. The van der Waals surface area contributed by atoms with Gasteiger partial charge in [0.15, 0.2) is 5.51 Å². The summed E-state index contributed by atoms with van der Waals surface area (Å²) in [5, 5.41) is 2.87. The molecule has 0 atom stereocenters. The van der Waals surface area contributed by atoms with Crippen LogP contribution in [0.4, 0.5) is 5.69 Å². The predicted octanol–water partition coefficient (Wildman–Crippen LogP) is 3.35. The van der Waals surface area contributed by atoms with Crippen molar-refractivity contribution in [3.63, 3.8) is 0 Å². The van der Waals surface area contributed by atoms with Gasteiger partial charge in [-0.05, 0) is 24.3 Å². The fraction of sp³-hybridized carbons (Fsp3) is 0. The first-order chi connectivity index (χ1) is 8.84. The molecule has 0 aliphatic rings. The Balaban J connectivity index is 1.93. The van der Waals surface area contributed by atoms with E-state index in [0.717, 1.165) is 15.9 Å². The first-order valence-electron chi connectivity index (χ1n) is 5.46. The number of nitrogens with zero attached hydrogens (tertiary/aromatic N) is 1. The summed E-state index contributed by atoms with van der Waals surface area (Å²) in [5.74, 6) is -0.129. The molecule has 0 saturated carbocycles. The highest BCUT2D eigenvalue weighted by Gasteiger charge is 2.08. The van der Waals surface area contributed by atoms with Crippen LogP contribution in [0.3, 0.4) is 0 Å². The Bertz CT molecular complexity index is 691. The van der Waals surface area contributed by atoms with Gasteiger partial charge in [0, 0.05) is 5.56 Å². The summed E-state index contributed by atoms with van der Waals surface area (Å²) in [6, 6.07) is 14.8. The molecule has 18 heavy (non-hydrogen) atoms. The molecule has 0 aliphatic heterocycles. The molecule has 0 bridgehead atoms. The minimum absolute atomic E-state index is 0.129. The number of rotatable bonds is 2. The van der Waals surface area contributed by atoms with E-state index in [1.54, 1.807) is 12.1 Å². The maximum atomic E-state index is 12.0. The molecule has 1 aromatic heterocycles. The lowest BCUT2D eigenvalue weighted by Crippen LogP contribution is -2.11. The van der Waals surface area contributed by atoms with E-state index >= 15 is 0 Å². The van der Waals surface area contributed by atoms with Gasteiger partial charge in [0.05, 0.1) is 10.4 Å². The van der Waals surface area contributed by atoms with Crippen LogP contribution in [-0.4, -0.2) is 10.9 Å². The maximum Gasteiger partial charge on any atom is 0.255 e. The summed E-state index contributed by atoms with van der Waals surface area (Å²) in [6.45, 7) is 0. The van der Waals surface area contributed by atoms with E-state index in [1.165, 1.54) is 11.3 Å². The zero-order valence-electron chi connectivity index (χ0n) is 9.38. The van der Waals surface area contributed by atoms with Crippen molar-refractivity contribution in [2.75, 3.05) is 5.32 Å². The molecule has 1 radical (unpaired) electrons. The quantitative estimate of drug-likeness (QED) is 0.761. The van der Waals surface area contributed by atoms with Crippen LogP contribution in [0.25, 0.3) is 10.2 Å². The second-order valence-corrected chi connectivity index (χ2v) is 4.60. The lowest BCUT2D eigenvalue weighted by molar-refractivity contribution is 0.102. The molecule has 2 aromatic carbocycles. The molecule has 3 nitrogen and oxygen atoms in total. The molecule has 0 saturated heterocycles. The fourth-order valence-electron chi connectivity index (χ4n) is 1.72. The Kier molecular flexibility index (Phi) is 2.78. The number of amides is 1. The number of thiazole rings is 1. The summed E-state index contributed by atoms with van der Waals surface area (Å²) >= 11 is 1.44. The van der Waals surface area contributed by atoms with Crippen LogP contribution in [0, 0.1) is 5.51 Å². The molecule has 0 spiro atoms. The highest BCUT2D eigenvalue weighted by Crippen LogP contribution is 2.25. The highest BCUT2D eigenvalue weighted by molar-refractivity contribution is 7.16. The first kappa shape index (κ1) is 10.9. The zero-order valence-corrected chi connectivity index (χ0v) is 10.2. The van der Waals surface area contributed by atoms with Crippen molar-refractivity contribution in [2.24, 2.45) is 0 Å². The van der Waals surface area contributed by atoms with Crippen LogP contribution in [-0.2, 0) is 0 Å². The largest absolute Gasteiger partial charge is 0.320 e. The Labute approximate surface area is 108 Å². The topological polar surface area (TPSA) is 42.0 Å². The lowest BCUT2D eigenvalue weighted by Gasteiger charge is -2.05. The van der Waals surface area contributed by atoms with Crippen LogP contribution in [0.5, 0.6) is 0 Å². The first-order valence-corrected chi connectivity index (χ1v) is 6.28. The van der Waals surface area contributed by atoms with Gasteiger partial charge in [0.25, 0.3) is 5.91 Å². The van der Waals surface area contributed by atoms with E-state index in [0.29, 0.717) is 5.56 Å². The van der Waals surface area contributed by atoms with Crippen LogP contribution >= 0.6 is 11.3 Å². The van der Waals surface area contributed by atoms with Gasteiger partial charge in [0.1, 0.15) is 5.52 Å². The van der Waals surface area contributed by atoms with Crippen LogP contribution in [0.15, 0.2) is 48.5 Å². The van der Waals surface area contributed by atoms with E-state index < -0.39 is 0 Å². The third kappa shape index (κ3) is 1.98. The van der Waals surface area contributed by atoms with Crippen molar-refractivity contribution in [1.82, 2.24) is 4.98 Å². The van der Waals surface area contributed by atoms with Gasteiger partial charge in [0.2, 0.25) is 0 Å². The highest BCUT2D eigenvalue weighted by atomic mass is 32.1. The monoisotopic (exact) mass is 253 g/mol. The average Bonchev–Trinajstić information content (AvgIpc) is 2.89. The summed E-state index contributed by atoms with van der Waals surface area (Å²) in [6.07, 6.45) is 0. The van der Waals surface area contributed by atoms with Gasteiger partial charge in [-0.3, -0.25) is 4.79 Å². The van der Waals surface area contributed by atoms with Crippen molar-refractivity contribution in [1.29, 1.82) is 0 Å². The summed E-state index contributed by atoms with van der Waals surface area (Å²) < 4.78 is 1.01. The van der Waals surface area contributed by atoms with Crippen molar-refractivity contribution in [2.45, 2.75) is 0 Å². The number of carbonyl (C=O) groups excluding carboxylic acids is 1. The van der Waals surface area contributed by atoms with E-state index in [1.807, 2.05) is 36.4 Å². The van der Waals surface area contributed by atoms with Crippen molar-refractivity contribution >= 4 is 33.1 Å². The molecule has 1 amide bonds. The number of hydrogen-bond donors (Lipinski definition) is 1. The van der Waals surface area contributed by atoms with Gasteiger partial charge < -0.3 is 5.32 Å². The fourth-order valence-corrected chi connectivity index (χ4v) is 2.36. The van der Waals surface area contributed by atoms with Crippen LogP contribution in [0.2, 0.25) is 0 Å². The molecular formula is C14H9N2OS. The number of anilines is 1. The summed E-state index contributed by atoms with van der Waals surface area (Å²) in [4.78, 5) is 16.2. The standard InChI is InChI=1S/C14H9N2OS/c17-14(10-5-2-1-3-6-10)16-11-7-4-8-12-13(11)15-9-18-12/h1-8H,(H,16,17). The maximum absolute atomic E-state index is 12.0. The Morgan fingerprint density at radius 3 is 2.78 bits per heavy atom. The summed E-state index contributed by atoms with van der Waals surface area (Å²) in [5.41, 5.74) is 4.97. The third-order valence-electron chi connectivity index (χ3n) is 2.60. The van der Waals surface area contributed by atoms with Crippen LogP contribution < -0.4 is 5.32 Å².